The summed E-state index contributed by atoms with van der Waals surface area (Å²) >= 11 is 5.20. The van der Waals surface area contributed by atoms with E-state index >= 15 is 0 Å². The molecule has 1 unspecified atom stereocenters. The topological polar surface area (TPSA) is 30.7 Å². The van der Waals surface area contributed by atoms with Gasteiger partial charge >= 0.3 is 0 Å². The second-order valence-electron chi connectivity index (χ2n) is 3.40. The molecule has 0 spiro atoms. The number of benzene rings is 1. The average molecular weight is 298 g/mol. The highest BCUT2D eigenvalue weighted by atomic mass is 79.9. The normalized spacial score (nSPS) is 12.7. The summed E-state index contributed by atoms with van der Waals surface area (Å²) in [6.07, 6.45) is 4.00. The van der Waals surface area contributed by atoms with Crippen molar-refractivity contribution < 1.29 is 0 Å². The van der Waals surface area contributed by atoms with Crippen LogP contribution in [-0.4, -0.2) is 21.2 Å². The number of aromatic nitrogens is 3. The number of alkyl halides is 1. The number of hydrogen-bond donors (Lipinski definition) is 0. The molecule has 2 rings (SSSR count). The van der Waals surface area contributed by atoms with E-state index in [2.05, 4.69) is 44.6 Å². The Hall–Kier alpha value is -0.810. The first-order valence-electron chi connectivity index (χ1n) is 4.91. The van der Waals surface area contributed by atoms with Crippen molar-refractivity contribution in [2.24, 2.45) is 0 Å². The van der Waals surface area contributed by atoms with E-state index in [1.807, 2.05) is 25.3 Å². The lowest BCUT2D eigenvalue weighted by molar-refractivity contribution is 0.797. The van der Waals surface area contributed by atoms with Crippen LogP contribution in [0.2, 0.25) is 0 Å². The molecule has 0 saturated carbocycles. The molecule has 2 aromatic rings. The van der Waals surface area contributed by atoms with E-state index in [1.54, 1.807) is 16.4 Å². The molecular weight excluding hydrogens is 286 g/mol. The van der Waals surface area contributed by atoms with Crippen LogP contribution in [0.3, 0.4) is 0 Å². The average Bonchev–Trinajstić information content (AvgIpc) is 2.78. The lowest BCUT2D eigenvalue weighted by atomic mass is 10.3. The van der Waals surface area contributed by atoms with Crippen molar-refractivity contribution in [1.29, 1.82) is 0 Å². The smallest absolute Gasteiger partial charge is 0.0965 e. The number of rotatable bonds is 3. The van der Waals surface area contributed by atoms with Gasteiger partial charge in [-0.1, -0.05) is 21.1 Å². The van der Waals surface area contributed by atoms with Gasteiger partial charge in [0.25, 0.3) is 0 Å². The molecule has 0 radical (unpaired) electrons. The molecule has 0 bridgehead atoms. The predicted octanol–water partition coefficient (Wildman–Crippen LogP) is 3.45. The van der Waals surface area contributed by atoms with Crippen molar-refractivity contribution in [3.63, 3.8) is 0 Å². The zero-order valence-corrected chi connectivity index (χ0v) is 11.5. The first kappa shape index (κ1) is 11.7. The van der Waals surface area contributed by atoms with Crippen molar-refractivity contribution in [2.45, 2.75) is 16.6 Å². The maximum absolute atomic E-state index is 4.10. The summed E-state index contributed by atoms with van der Waals surface area (Å²) in [5.41, 5.74) is 1.97. The van der Waals surface area contributed by atoms with Crippen LogP contribution < -0.4 is 0 Å². The Kier molecular flexibility index (Phi) is 3.66. The van der Waals surface area contributed by atoms with Gasteiger partial charge in [0.15, 0.2) is 0 Å². The minimum absolute atomic E-state index is 0.228. The molecule has 1 heterocycles. The molecule has 5 heteroatoms. The first-order chi connectivity index (χ1) is 7.70. The van der Waals surface area contributed by atoms with Crippen LogP contribution >= 0.6 is 27.7 Å². The molecular formula is C11H12BrN3S. The number of hydrogen-bond acceptors (Lipinski definition) is 3. The molecule has 0 fully saturated rings. The predicted molar refractivity (Wildman–Crippen MR) is 70.5 cm³/mol. The molecule has 1 aromatic heterocycles. The maximum Gasteiger partial charge on any atom is 0.0965 e. The van der Waals surface area contributed by atoms with E-state index in [4.69, 9.17) is 0 Å². The SMILES string of the molecule is CSc1ccc(-n2cc(C(C)Br)nn2)cc1. The fourth-order valence-corrected chi connectivity index (χ4v) is 1.94. The van der Waals surface area contributed by atoms with Crippen LogP contribution in [0.1, 0.15) is 17.4 Å². The van der Waals surface area contributed by atoms with Gasteiger partial charge in [-0.25, -0.2) is 4.68 Å². The summed E-state index contributed by atoms with van der Waals surface area (Å²) < 4.78 is 1.79. The third kappa shape index (κ3) is 2.47. The Morgan fingerprint density at radius 3 is 2.50 bits per heavy atom. The standard InChI is InChI=1S/C11H12BrN3S/c1-8(12)11-7-15(14-13-11)9-3-5-10(16-2)6-4-9/h3-8H,1-2H3. The van der Waals surface area contributed by atoms with Crippen LogP contribution in [0.15, 0.2) is 35.4 Å². The minimum atomic E-state index is 0.228. The quantitative estimate of drug-likeness (QED) is 0.642. The minimum Gasteiger partial charge on any atom is -0.220 e. The fraction of sp³-hybridized carbons (Fsp3) is 0.273. The zero-order valence-electron chi connectivity index (χ0n) is 9.09. The molecule has 84 valence electrons. The fourth-order valence-electron chi connectivity index (χ4n) is 1.32. The summed E-state index contributed by atoms with van der Waals surface area (Å²) in [5.74, 6) is 0. The summed E-state index contributed by atoms with van der Waals surface area (Å²) in [6, 6.07) is 8.25. The van der Waals surface area contributed by atoms with E-state index in [9.17, 15) is 0 Å². The first-order valence-corrected chi connectivity index (χ1v) is 7.05. The molecule has 1 aromatic carbocycles. The van der Waals surface area contributed by atoms with Crippen molar-refractivity contribution in [2.75, 3.05) is 6.26 Å². The van der Waals surface area contributed by atoms with Crippen LogP contribution in [0.5, 0.6) is 0 Å². The van der Waals surface area contributed by atoms with Gasteiger partial charge in [0.1, 0.15) is 0 Å². The van der Waals surface area contributed by atoms with Crippen molar-refractivity contribution in [3.05, 3.63) is 36.2 Å². The molecule has 0 N–H and O–H groups in total. The highest BCUT2D eigenvalue weighted by Gasteiger charge is 2.07. The lowest BCUT2D eigenvalue weighted by Crippen LogP contribution is -1.94. The lowest BCUT2D eigenvalue weighted by Gasteiger charge is -2.01. The van der Waals surface area contributed by atoms with E-state index in [0.29, 0.717) is 0 Å². The van der Waals surface area contributed by atoms with Crippen molar-refractivity contribution in [3.8, 4) is 5.69 Å². The monoisotopic (exact) mass is 297 g/mol. The number of nitrogens with zero attached hydrogens (tertiary/aromatic N) is 3. The molecule has 0 aliphatic rings. The summed E-state index contributed by atoms with van der Waals surface area (Å²) in [5, 5.41) is 8.19. The summed E-state index contributed by atoms with van der Waals surface area (Å²) in [7, 11) is 0. The van der Waals surface area contributed by atoms with Gasteiger partial charge in [-0.05, 0) is 37.4 Å². The highest BCUT2D eigenvalue weighted by Crippen LogP contribution is 2.20. The molecule has 0 aliphatic carbocycles. The third-order valence-electron chi connectivity index (χ3n) is 2.26. The van der Waals surface area contributed by atoms with E-state index in [-0.39, 0.29) is 4.83 Å². The van der Waals surface area contributed by atoms with Crippen LogP contribution in [0, 0.1) is 0 Å². The molecule has 16 heavy (non-hydrogen) atoms. The van der Waals surface area contributed by atoms with Gasteiger partial charge < -0.3 is 0 Å². The number of halogens is 1. The Labute approximate surface area is 107 Å². The Morgan fingerprint density at radius 2 is 2.00 bits per heavy atom. The van der Waals surface area contributed by atoms with E-state index in [0.717, 1.165) is 11.4 Å². The largest absolute Gasteiger partial charge is 0.220 e. The summed E-state index contributed by atoms with van der Waals surface area (Å²) in [6.45, 7) is 2.03. The molecule has 0 amide bonds. The van der Waals surface area contributed by atoms with E-state index < -0.39 is 0 Å². The van der Waals surface area contributed by atoms with Gasteiger partial charge in [-0.2, -0.15) is 0 Å². The summed E-state index contributed by atoms with van der Waals surface area (Å²) in [4.78, 5) is 1.48. The van der Waals surface area contributed by atoms with Gasteiger partial charge in [-0.3, -0.25) is 0 Å². The van der Waals surface area contributed by atoms with Gasteiger partial charge in [0, 0.05) is 4.90 Å². The van der Waals surface area contributed by atoms with Gasteiger partial charge in [0.05, 0.1) is 22.4 Å². The highest BCUT2D eigenvalue weighted by molar-refractivity contribution is 9.09. The van der Waals surface area contributed by atoms with Crippen LogP contribution in [0.25, 0.3) is 5.69 Å². The Morgan fingerprint density at radius 1 is 1.31 bits per heavy atom. The molecule has 0 aliphatic heterocycles. The van der Waals surface area contributed by atoms with Gasteiger partial charge in [0.2, 0.25) is 0 Å². The second-order valence-corrected chi connectivity index (χ2v) is 5.66. The van der Waals surface area contributed by atoms with Gasteiger partial charge in [-0.15, -0.1) is 16.9 Å². The third-order valence-corrected chi connectivity index (χ3v) is 3.47. The number of thioether (sulfide) groups is 1. The second kappa shape index (κ2) is 5.01. The van der Waals surface area contributed by atoms with Crippen molar-refractivity contribution in [1.82, 2.24) is 15.0 Å². The Bertz CT molecular complexity index is 464. The van der Waals surface area contributed by atoms with E-state index in [1.165, 1.54) is 4.90 Å². The molecule has 0 saturated heterocycles. The molecule has 1 atom stereocenters. The van der Waals surface area contributed by atoms with Crippen LogP contribution in [-0.2, 0) is 0 Å². The van der Waals surface area contributed by atoms with Crippen LogP contribution in [0.4, 0.5) is 0 Å². The zero-order chi connectivity index (χ0) is 11.5. The Balaban J connectivity index is 2.28. The van der Waals surface area contributed by atoms with Crippen molar-refractivity contribution >= 4 is 27.7 Å². The molecule has 3 nitrogen and oxygen atoms in total. The maximum atomic E-state index is 4.10.